The molecule has 3 aliphatic heterocycles. The van der Waals surface area contributed by atoms with E-state index in [9.17, 15) is 4.79 Å². The van der Waals surface area contributed by atoms with E-state index in [2.05, 4.69) is 66.1 Å². The lowest BCUT2D eigenvalue weighted by Crippen LogP contribution is -2.59. The van der Waals surface area contributed by atoms with Crippen LogP contribution in [-0.4, -0.2) is 71.7 Å². The number of aromatic nitrogens is 1. The Balaban J connectivity index is 1.33. The van der Waals surface area contributed by atoms with E-state index in [4.69, 9.17) is 16.3 Å². The molecule has 35 heavy (non-hydrogen) atoms. The molecule has 1 fully saturated rings. The van der Waals surface area contributed by atoms with Gasteiger partial charge >= 0.3 is 0 Å². The van der Waals surface area contributed by atoms with Crippen molar-refractivity contribution < 1.29 is 9.53 Å². The Labute approximate surface area is 212 Å². The highest BCUT2D eigenvalue weighted by Gasteiger charge is 2.36. The number of H-pyrrole nitrogens is 1. The van der Waals surface area contributed by atoms with Crippen molar-refractivity contribution in [1.29, 1.82) is 0 Å². The van der Waals surface area contributed by atoms with Crippen molar-refractivity contribution in [2.75, 3.05) is 44.6 Å². The Morgan fingerprint density at radius 2 is 2.11 bits per heavy atom. The summed E-state index contributed by atoms with van der Waals surface area (Å²) in [6, 6.07) is 4.02. The highest BCUT2D eigenvalue weighted by Crippen LogP contribution is 2.34. The zero-order chi connectivity index (χ0) is 24.8. The molecule has 186 valence electrons. The molecule has 3 aliphatic rings. The fraction of sp³-hybridized carbons (Fsp3) is 0.519. The molecule has 1 aromatic heterocycles. The van der Waals surface area contributed by atoms with Crippen molar-refractivity contribution >= 4 is 40.2 Å². The molecule has 0 spiro atoms. The van der Waals surface area contributed by atoms with E-state index in [-0.39, 0.29) is 23.0 Å². The van der Waals surface area contributed by atoms with E-state index >= 15 is 0 Å². The van der Waals surface area contributed by atoms with Crippen molar-refractivity contribution in [3.63, 3.8) is 0 Å². The maximum atomic E-state index is 13.2. The molecule has 2 aromatic rings. The number of ether oxygens (including phenoxy) is 1. The first-order valence-corrected chi connectivity index (χ1v) is 12.6. The number of rotatable bonds is 5. The Morgan fingerprint density at radius 3 is 2.91 bits per heavy atom. The molecular weight excluding hydrogens is 462 g/mol. The van der Waals surface area contributed by atoms with Crippen LogP contribution in [0.15, 0.2) is 18.3 Å². The number of fused-ring (bicyclic) bond motifs is 3. The molecule has 1 amide bonds. The minimum absolute atomic E-state index is 0.0519. The van der Waals surface area contributed by atoms with Gasteiger partial charge in [0.15, 0.2) is 0 Å². The lowest BCUT2D eigenvalue weighted by atomic mass is 9.91. The van der Waals surface area contributed by atoms with Gasteiger partial charge in [-0.3, -0.25) is 9.69 Å². The second-order valence-electron chi connectivity index (χ2n) is 11.1. The molecule has 0 bridgehead atoms. The van der Waals surface area contributed by atoms with Gasteiger partial charge in [0, 0.05) is 46.7 Å². The fourth-order valence-corrected chi connectivity index (χ4v) is 5.41. The Hall–Kier alpha value is -2.66. The predicted molar refractivity (Wildman–Crippen MR) is 141 cm³/mol. The van der Waals surface area contributed by atoms with Crippen molar-refractivity contribution in [3.8, 4) is 11.8 Å². The van der Waals surface area contributed by atoms with Gasteiger partial charge in [-0.15, -0.1) is 0 Å². The molecule has 7 nitrogen and oxygen atoms in total. The van der Waals surface area contributed by atoms with Crippen molar-refractivity contribution in [3.05, 3.63) is 34.6 Å². The van der Waals surface area contributed by atoms with Gasteiger partial charge in [0.25, 0.3) is 0 Å². The normalized spacial score (nSPS) is 22.8. The molecule has 8 heteroatoms. The highest BCUT2D eigenvalue weighted by molar-refractivity contribution is 6.32. The zero-order valence-electron chi connectivity index (χ0n) is 20.9. The van der Waals surface area contributed by atoms with Crippen molar-refractivity contribution in [1.82, 2.24) is 20.1 Å². The summed E-state index contributed by atoms with van der Waals surface area (Å²) in [4.78, 5) is 20.9. The van der Waals surface area contributed by atoms with Gasteiger partial charge in [0.05, 0.1) is 49.1 Å². The first kappa shape index (κ1) is 24.1. The van der Waals surface area contributed by atoms with Gasteiger partial charge in [-0.05, 0) is 52.1 Å². The molecule has 1 unspecified atom stereocenters. The van der Waals surface area contributed by atoms with Crippen molar-refractivity contribution in [2.45, 2.75) is 45.9 Å². The summed E-state index contributed by atoms with van der Waals surface area (Å²) in [5, 5.41) is 8.65. The van der Waals surface area contributed by atoms with Crippen LogP contribution in [0.2, 0.25) is 5.02 Å². The van der Waals surface area contributed by atoms with E-state index in [1.807, 2.05) is 23.2 Å². The number of nitrogens with zero attached hydrogens (tertiary/aromatic N) is 2. The summed E-state index contributed by atoms with van der Waals surface area (Å²) >= 11 is 6.50. The minimum atomic E-state index is -0.307. The number of aromatic amines is 1. The van der Waals surface area contributed by atoms with Crippen LogP contribution < -0.4 is 10.6 Å². The zero-order valence-corrected chi connectivity index (χ0v) is 21.7. The number of amides is 1. The lowest BCUT2D eigenvalue weighted by Gasteiger charge is -2.44. The topological polar surface area (TPSA) is 72.6 Å². The second kappa shape index (κ2) is 9.09. The van der Waals surface area contributed by atoms with E-state index in [0.29, 0.717) is 44.4 Å². The average molecular weight is 496 g/mol. The number of benzene rings is 1. The van der Waals surface area contributed by atoms with E-state index in [0.717, 1.165) is 28.8 Å². The van der Waals surface area contributed by atoms with E-state index in [1.165, 1.54) is 5.56 Å². The molecule has 5 rings (SSSR count). The predicted octanol–water partition coefficient (Wildman–Crippen LogP) is 3.66. The molecule has 4 heterocycles. The number of carbonyl (C=O) groups excluding carboxylic acids is 1. The molecule has 0 aliphatic carbocycles. The summed E-state index contributed by atoms with van der Waals surface area (Å²) in [7, 11) is 0. The standard InChI is InChI=1S/C27H34ClN5O2/c1-26(2)7-5-9-32(16-26)24(34)14-33-17-27(3,4)35-15-19(33)12-30-22-11-18(28)10-21-20-6-8-29-13-23(20)31-25(21)22/h6,8,10-11,19,29-31H,9,12-17H2,1-4H3. The molecule has 1 atom stereocenters. The third kappa shape index (κ3) is 5.16. The lowest BCUT2D eigenvalue weighted by molar-refractivity contribution is -0.142. The van der Waals surface area contributed by atoms with Crippen LogP contribution in [0.1, 0.15) is 39.0 Å². The Morgan fingerprint density at radius 1 is 1.29 bits per heavy atom. The third-order valence-electron chi connectivity index (χ3n) is 6.91. The van der Waals surface area contributed by atoms with E-state index < -0.39 is 0 Å². The van der Waals surface area contributed by atoms with Gasteiger partial charge in [-0.25, -0.2) is 0 Å². The number of carbonyl (C=O) groups is 1. The maximum Gasteiger partial charge on any atom is 0.237 e. The van der Waals surface area contributed by atoms with Crippen LogP contribution in [0.5, 0.6) is 0 Å². The van der Waals surface area contributed by atoms with E-state index in [1.54, 1.807) is 0 Å². The summed E-state index contributed by atoms with van der Waals surface area (Å²) in [5.74, 6) is 6.49. The van der Waals surface area contributed by atoms with Crippen LogP contribution in [0.25, 0.3) is 17.0 Å². The molecule has 0 saturated carbocycles. The number of nitrogens with one attached hydrogen (secondary N) is 3. The van der Waals surface area contributed by atoms with Gasteiger partial charge in [0.2, 0.25) is 5.91 Å². The molecule has 0 radical (unpaired) electrons. The second-order valence-corrected chi connectivity index (χ2v) is 11.5. The molecule has 3 N–H and O–H groups in total. The number of morpholine rings is 1. The van der Waals surface area contributed by atoms with Gasteiger partial charge < -0.3 is 25.3 Å². The highest BCUT2D eigenvalue weighted by atomic mass is 35.5. The van der Waals surface area contributed by atoms with Crippen molar-refractivity contribution in [2.24, 2.45) is 5.41 Å². The maximum absolute atomic E-state index is 13.2. The fourth-order valence-electron chi connectivity index (χ4n) is 5.20. The largest absolute Gasteiger partial charge is 0.385 e. The van der Waals surface area contributed by atoms with Crippen LogP contribution in [0.4, 0.5) is 5.69 Å². The summed E-state index contributed by atoms with van der Waals surface area (Å²) in [6.45, 7) is 12.5. The van der Waals surface area contributed by atoms with Gasteiger partial charge in [-0.1, -0.05) is 23.4 Å². The quantitative estimate of drug-likeness (QED) is 0.552. The number of hydrogen-bond acceptors (Lipinski definition) is 5. The van der Waals surface area contributed by atoms with Gasteiger partial charge in [0.1, 0.15) is 0 Å². The van der Waals surface area contributed by atoms with Gasteiger partial charge in [-0.2, -0.15) is 0 Å². The molecule has 1 saturated heterocycles. The SMILES string of the molecule is CC1(C)C#CCN(C(=O)CN2CC(C)(C)OCC2CNc2cc(Cl)cc3c4c([nH]c23)CNC=C4)C1. The monoisotopic (exact) mass is 495 g/mol. The summed E-state index contributed by atoms with van der Waals surface area (Å²) in [6.07, 6.45) is 4.04. The summed E-state index contributed by atoms with van der Waals surface area (Å²) < 4.78 is 6.15. The van der Waals surface area contributed by atoms with Crippen LogP contribution in [-0.2, 0) is 16.1 Å². The van der Waals surface area contributed by atoms with Crippen LogP contribution in [0, 0.1) is 17.3 Å². The smallest absolute Gasteiger partial charge is 0.237 e. The number of halogens is 1. The Kier molecular flexibility index (Phi) is 6.25. The first-order valence-electron chi connectivity index (χ1n) is 12.2. The first-order chi connectivity index (χ1) is 16.6. The number of hydrogen-bond donors (Lipinski definition) is 3. The third-order valence-corrected chi connectivity index (χ3v) is 7.13. The molecular formula is C27H34ClN5O2. The average Bonchev–Trinajstić information content (AvgIpc) is 3.16. The summed E-state index contributed by atoms with van der Waals surface area (Å²) in [5.41, 5.74) is 3.85. The molecule has 1 aromatic carbocycles. The Bertz CT molecular complexity index is 1240. The van der Waals surface area contributed by atoms with Crippen LogP contribution in [0.3, 0.4) is 0 Å². The number of anilines is 1. The van der Waals surface area contributed by atoms with Crippen LogP contribution >= 0.6 is 11.6 Å². The minimum Gasteiger partial charge on any atom is -0.385 e.